The number of carbonyl (C=O) groups is 2. The molecule has 39 heavy (non-hydrogen) atoms. The first-order valence-electron chi connectivity index (χ1n) is 12.0. The Hall–Kier alpha value is -4.14. The summed E-state index contributed by atoms with van der Waals surface area (Å²) in [6.45, 7) is 0.548. The van der Waals surface area contributed by atoms with E-state index >= 15 is 0 Å². The molecule has 2 heterocycles. The third-order valence-corrected chi connectivity index (χ3v) is 7.86. The van der Waals surface area contributed by atoms with Crippen LogP contribution in [0.5, 0.6) is 5.75 Å². The summed E-state index contributed by atoms with van der Waals surface area (Å²) in [4.78, 5) is 28.7. The highest BCUT2D eigenvalue weighted by atomic mass is 32.2. The number of alkyl carbamates (subject to hydrolysis) is 1. The third-order valence-electron chi connectivity index (χ3n) is 5.95. The molecule has 1 aliphatic rings. The van der Waals surface area contributed by atoms with Crippen LogP contribution in [-0.4, -0.2) is 74.5 Å². The van der Waals surface area contributed by atoms with Crippen molar-refractivity contribution in [3.63, 3.8) is 0 Å². The highest BCUT2D eigenvalue weighted by Crippen LogP contribution is 2.32. The van der Waals surface area contributed by atoms with Crippen LogP contribution in [0.3, 0.4) is 0 Å². The monoisotopic (exact) mass is 558 g/mol. The predicted octanol–water partition coefficient (Wildman–Crippen LogP) is 3.10. The van der Waals surface area contributed by atoms with Crippen LogP contribution in [0, 0.1) is 0 Å². The first-order chi connectivity index (χ1) is 18.7. The first-order valence-corrected chi connectivity index (χ1v) is 13.4. The fourth-order valence-electron chi connectivity index (χ4n) is 3.98. The molecule has 0 bridgehead atoms. The summed E-state index contributed by atoms with van der Waals surface area (Å²) in [7, 11) is 0.886. The van der Waals surface area contributed by atoms with Crippen LogP contribution < -0.4 is 20.7 Å². The molecule has 4 rings (SSSR count). The van der Waals surface area contributed by atoms with Gasteiger partial charge in [0, 0.05) is 44.6 Å². The van der Waals surface area contributed by atoms with E-state index in [2.05, 4.69) is 20.9 Å². The van der Waals surface area contributed by atoms with Gasteiger partial charge in [-0.1, -0.05) is 12.1 Å². The van der Waals surface area contributed by atoms with Crippen molar-refractivity contribution in [3.8, 4) is 17.1 Å². The summed E-state index contributed by atoms with van der Waals surface area (Å²) in [5, 5.41) is 8.17. The van der Waals surface area contributed by atoms with Crippen LogP contribution in [0.4, 0.5) is 21.0 Å². The fraction of sp³-hybridized carbons (Fsp3) is 0.320. The molecule has 0 radical (unpaired) electrons. The summed E-state index contributed by atoms with van der Waals surface area (Å²) in [6.07, 6.45) is 2.14. The van der Waals surface area contributed by atoms with Gasteiger partial charge < -0.3 is 29.8 Å². The smallest absolute Gasteiger partial charge is 0.407 e. The van der Waals surface area contributed by atoms with Crippen LogP contribution in [-0.2, 0) is 21.5 Å². The minimum Gasteiger partial charge on any atom is -0.496 e. The SMILES string of the molecule is COc1cc(NC(=O)Nc2cccc(CNC(=O)O[C@@H]3CCN(S(=O)(=O)N(C)C)C3)c2)ccc1-c1cnco1. The molecule has 3 N–H and O–H groups in total. The first kappa shape index (κ1) is 27.9. The third kappa shape index (κ3) is 7.04. The summed E-state index contributed by atoms with van der Waals surface area (Å²) >= 11 is 0. The maximum absolute atomic E-state index is 12.6. The highest BCUT2D eigenvalue weighted by Gasteiger charge is 2.34. The summed E-state index contributed by atoms with van der Waals surface area (Å²) in [5.41, 5.74) is 2.46. The van der Waals surface area contributed by atoms with E-state index in [1.807, 2.05) is 0 Å². The van der Waals surface area contributed by atoms with E-state index in [1.165, 1.54) is 31.9 Å². The van der Waals surface area contributed by atoms with Crippen LogP contribution in [0.25, 0.3) is 11.3 Å². The van der Waals surface area contributed by atoms with Crippen molar-refractivity contribution in [3.05, 3.63) is 60.6 Å². The summed E-state index contributed by atoms with van der Waals surface area (Å²) < 4.78 is 43.0. The lowest BCUT2D eigenvalue weighted by Crippen LogP contribution is -2.39. The second-order valence-corrected chi connectivity index (χ2v) is 11.0. The molecule has 3 amide bonds. The van der Waals surface area contributed by atoms with Crippen molar-refractivity contribution in [2.75, 3.05) is 44.9 Å². The molecule has 1 aliphatic heterocycles. The van der Waals surface area contributed by atoms with Gasteiger partial charge in [0.15, 0.2) is 12.2 Å². The number of oxazole rings is 1. The summed E-state index contributed by atoms with van der Waals surface area (Å²) in [6, 6.07) is 11.6. The second-order valence-electron chi connectivity index (χ2n) is 8.88. The Morgan fingerprint density at radius 1 is 1.15 bits per heavy atom. The molecule has 14 heteroatoms. The van der Waals surface area contributed by atoms with Gasteiger partial charge in [-0.2, -0.15) is 17.0 Å². The molecule has 2 aromatic carbocycles. The van der Waals surface area contributed by atoms with Crippen molar-refractivity contribution >= 4 is 33.7 Å². The van der Waals surface area contributed by atoms with Crippen LogP contribution in [0.1, 0.15) is 12.0 Å². The Balaban J connectivity index is 1.27. The number of urea groups is 1. The van der Waals surface area contributed by atoms with E-state index in [-0.39, 0.29) is 19.6 Å². The molecule has 0 saturated carbocycles. The lowest BCUT2D eigenvalue weighted by Gasteiger charge is -2.20. The topological polar surface area (TPSA) is 155 Å². The number of anilines is 2. The van der Waals surface area contributed by atoms with Crippen LogP contribution in [0.15, 0.2) is 59.5 Å². The predicted molar refractivity (Wildman–Crippen MR) is 143 cm³/mol. The lowest BCUT2D eigenvalue weighted by atomic mass is 10.1. The molecule has 0 aliphatic carbocycles. The largest absolute Gasteiger partial charge is 0.496 e. The van der Waals surface area contributed by atoms with Crippen molar-refractivity contribution in [2.24, 2.45) is 0 Å². The quantitative estimate of drug-likeness (QED) is 0.362. The van der Waals surface area contributed by atoms with Gasteiger partial charge >= 0.3 is 12.1 Å². The molecule has 1 atom stereocenters. The number of ether oxygens (including phenoxy) is 2. The second kappa shape index (κ2) is 12.1. The van der Waals surface area contributed by atoms with E-state index in [1.54, 1.807) is 48.7 Å². The number of methoxy groups -OCH3 is 1. The van der Waals surface area contributed by atoms with Gasteiger partial charge in [0.25, 0.3) is 10.2 Å². The van der Waals surface area contributed by atoms with E-state index in [9.17, 15) is 18.0 Å². The number of hydrogen-bond acceptors (Lipinski definition) is 8. The van der Waals surface area contributed by atoms with Gasteiger partial charge in [-0.15, -0.1) is 0 Å². The minimum absolute atomic E-state index is 0.108. The van der Waals surface area contributed by atoms with Gasteiger partial charge in [0.2, 0.25) is 0 Å². The average molecular weight is 559 g/mol. The average Bonchev–Trinajstić information content (AvgIpc) is 3.60. The number of amides is 3. The van der Waals surface area contributed by atoms with Crippen molar-refractivity contribution < 1.29 is 31.9 Å². The molecule has 13 nitrogen and oxygen atoms in total. The fourth-order valence-corrected chi connectivity index (χ4v) is 5.13. The molecular formula is C25H30N6O7S. The number of rotatable bonds is 9. The van der Waals surface area contributed by atoms with Crippen molar-refractivity contribution in [1.29, 1.82) is 0 Å². The molecule has 1 saturated heterocycles. The molecule has 0 unspecified atom stereocenters. The van der Waals surface area contributed by atoms with Crippen LogP contribution >= 0.6 is 0 Å². The van der Waals surface area contributed by atoms with Crippen molar-refractivity contribution in [2.45, 2.75) is 19.1 Å². The zero-order valence-electron chi connectivity index (χ0n) is 21.7. The zero-order chi connectivity index (χ0) is 28.0. The molecule has 208 valence electrons. The number of aromatic nitrogens is 1. The van der Waals surface area contributed by atoms with Crippen LogP contribution in [0.2, 0.25) is 0 Å². The van der Waals surface area contributed by atoms with E-state index in [0.29, 0.717) is 34.9 Å². The molecule has 0 spiro atoms. The Morgan fingerprint density at radius 3 is 2.62 bits per heavy atom. The Bertz CT molecular complexity index is 1410. The number of benzene rings is 2. The maximum atomic E-state index is 12.6. The molecule has 1 fully saturated rings. The lowest BCUT2D eigenvalue weighted by molar-refractivity contribution is 0.104. The van der Waals surface area contributed by atoms with Gasteiger partial charge in [-0.3, -0.25) is 0 Å². The number of nitrogens with one attached hydrogen (secondary N) is 3. The Labute approximate surface area is 226 Å². The number of hydrogen-bond donors (Lipinski definition) is 3. The maximum Gasteiger partial charge on any atom is 0.407 e. The number of nitrogens with zero attached hydrogens (tertiary/aromatic N) is 3. The van der Waals surface area contributed by atoms with Gasteiger partial charge in [0.05, 0.1) is 25.4 Å². The Kier molecular flexibility index (Phi) is 8.69. The van der Waals surface area contributed by atoms with E-state index < -0.39 is 28.4 Å². The van der Waals surface area contributed by atoms with Gasteiger partial charge in [0.1, 0.15) is 11.9 Å². The molecule has 3 aromatic rings. The Morgan fingerprint density at radius 2 is 1.92 bits per heavy atom. The molecule has 1 aromatic heterocycles. The molecular weight excluding hydrogens is 528 g/mol. The normalized spacial score (nSPS) is 15.6. The van der Waals surface area contributed by atoms with Gasteiger partial charge in [-0.05, 0) is 36.2 Å². The van der Waals surface area contributed by atoms with E-state index in [4.69, 9.17) is 13.9 Å². The zero-order valence-corrected chi connectivity index (χ0v) is 22.5. The summed E-state index contributed by atoms with van der Waals surface area (Å²) in [5.74, 6) is 1.05. The highest BCUT2D eigenvalue weighted by molar-refractivity contribution is 7.86. The van der Waals surface area contributed by atoms with Gasteiger partial charge in [-0.25, -0.2) is 14.6 Å². The minimum atomic E-state index is -3.55. The van der Waals surface area contributed by atoms with E-state index in [0.717, 1.165) is 9.87 Å². The number of carbonyl (C=O) groups excluding carboxylic acids is 2. The standard InChI is InChI=1S/C25H30N6O7S/c1-30(2)39(34,35)31-10-9-20(15-31)38-25(33)27-13-17-5-4-6-18(11-17)28-24(32)29-19-7-8-21(22(12-19)36-3)23-14-26-16-37-23/h4-8,11-12,14,16,20H,9-10,13,15H2,1-3H3,(H,27,33)(H2,28,29,32)/t20-/m1/s1. The van der Waals surface area contributed by atoms with Crippen molar-refractivity contribution in [1.82, 2.24) is 18.9 Å².